The molecule has 0 saturated heterocycles. The van der Waals surface area contributed by atoms with Gasteiger partial charge in [0.15, 0.2) is 6.61 Å². The molecular weight excluding hydrogens is 390 g/mol. The highest BCUT2D eigenvalue weighted by molar-refractivity contribution is 6.05. The third-order valence-electron chi connectivity index (χ3n) is 4.78. The summed E-state index contributed by atoms with van der Waals surface area (Å²) in [5.74, 6) is -0.915. The molecule has 4 rings (SSSR count). The molecule has 1 N–H and O–H groups in total. The van der Waals surface area contributed by atoms with E-state index in [2.05, 4.69) is 15.3 Å². The number of carbonyl (C=O) groups is 2. The molecule has 6 nitrogen and oxygen atoms in total. The maximum atomic E-state index is 12.8. The maximum Gasteiger partial charge on any atom is 0.339 e. The van der Waals surface area contributed by atoms with Crippen molar-refractivity contribution in [3.63, 3.8) is 0 Å². The topological polar surface area (TPSA) is 81.2 Å². The number of amides is 1. The van der Waals surface area contributed by atoms with E-state index < -0.39 is 5.97 Å². The van der Waals surface area contributed by atoms with Crippen LogP contribution in [0.3, 0.4) is 0 Å². The Bertz CT molecular complexity index is 1190. The number of nitrogens with one attached hydrogen (secondary N) is 1. The number of para-hydroxylation sites is 1. The van der Waals surface area contributed by atoms with Crippen LogP contribution in [0.2, 0.25) is 0 Å². The van der Waals surface area contributed by atoms with Gasteiger partial charge in [-0.2, -0.15) is 0 Å². The predicted octanol–water partition coefficient (Wildman–Crippen LogP) is 3.81. The van der Waals surface area contributed by atoms with Crippen molar-refractivity contribution in [2.24, 2.45) is 0 Å². The van der Waals surface area contributed by atoms with Gasteiger partial charge in [0, 0.05) is 18.1 Å². The molecule has 0 saturated carbocycles. The summed E-state index contributed by atoms with van der Waals surface area (Å²) in [6.45, 7) is 0.131. The zero-order valence-electron chi connectivity index (χ0n) is 16.8. The fourth-order valence-corrected chi connectivity index (χ4v) is 3.24. The zero-order valence-corrected chi connectivity index (χ0v) is 16.8. The van der Waals surface area contributed by atoms with Crippen LogP contribution in [0.5, 0.6) is 0 Å². The Labute approximate surface area is 179 Å². The molecular formula is C25H21N3O3. The van der Waals surface area contributed by atoms with Gasteiger partial charge in [0.05, 0.1) is 22.5 Å². The van der Waals surface area contributed by atoms with E-state index in [1.807, 2.05) is 66.7 Å². The Balaban J connectivity index is 1.44. The molecule has 6 heteroatoms. The van der Waals surface area contributed by atoms with E-state index in [1.165, 1.54) is 0 Å². The number of ether oxygens (including phenoxy) is 1. The van der Waals surface area contributed by atoms with Crippen molar-refractivity contribution in [3.8, 4) is 11.4 Å². The van der Waals surface area contributed by atoms with Gasteiger partial charge >= 0.3 is 5.97 Å². The highest BCUT2D eigenvalue weighted by atomic mass is 16.5. The highest BCUT2D eigenvalue weighted by Crippen LogP contribution is 2.24. The number of carbonyl (C=O) groups excluding carboxylic acids is 2. The second-order valence-corrected chi connectivity index (χ2v) is 6.95. The first kappa shape index (κ1) is 20.2. The number of rotatable bonds is 7. The molecule has 0 atom stereocenters. The summed E-state index contributed by atoms with van der Waals surface area (Å²) in [5.41, 5.74) is 3.36. The molecule has 4 aromatic rings. The van der Waals surface area contributed by atoms with E-state index >= 15 is 0 Å². The zero-order chi connectivity index (χ0) is 21.5. The van der Waals surface area contributed by atoms with Crippen LogP contribution in [0, 0.1) is 0 Å². The average Bonchev–Trinajstić information content (AvgIpc) is 2.83. The number of aromatic nitrogens is 2. The SMILES string of the molecule is O=C(COC(=O)c1cc(-c2ccccn2)nc2ccccc12)NCCc1ccccc1. The standard InChI is InChI=1S/C25H21N3O3/c29-24(27-15-13-18-8-2-1-3-9-18)17-31-25(30)20-16-23(22-12-6-7-14-26-22)28-21-11-5-4-10-19(20)21/h1-12,14,16H,13,15,17H2,(H,27,29). The van der Waals surface area contributed by atoms with Gasteiger partial charge in [-0.15, -0.1) is 0 Å². The Kier molecular flexibility index (Phi) is 6.28. The van der Waals surface area contributed by atoms with Crippen molar-refractivity contribution >= 4 is 22.8 Å². The Hall–Kier alpha value is -4.06. The van der Waals surface area contributed by atoms with Gasteiger partial charge < -0.3 is 10.1 Å². The van der Waals surface area contributed by atoms with Crippen LogP contribution in [-0.2, 0) is 16.0 Å². The summed E-state index contributed by atoms with van der Waals surface area (Å²) in [4.78, 5) is 33.8. The molecule has 0 fully saturated rings. The predicted molar refractivity (Wildman–Crippen MR) is 118 cm³/mol. The lowest BCUT2D eigenvalue weighted by Gasteiger charge is -2.10. The van der Waals surface area contributed by atoms with Crippen molar-refractivity contribution in [3.05, 3.63) is 96.2 Å². The van der Waals surface area contributed by atoms with Crippen LogP contribution < -0.4 is 5.32 Å². The first-order valence-corrected chi connectivity index (χ1v) is 9.99. The molecule has 0 bridgehead atoms. The molecule has 0 spiro atoms. The number of hydrogen-bond acceptors (Lipinski definition) is 5. The van der Waals surface area contributed by atoms with Gasteiger partial charge in [0.2, 0.25) is 0 Å². The van der Waals surface area contributed by atoms with Crippen LogP contribution in [0.4, 0.5) is 0 Å². The van der Waals surface area contributed by atoms with Crippen LogP contribution in [0.25, 0.3) is 22.3 Å². The molecule has 2 aromatic carbocycles. The minimum atomic E-state index is -0.575. The van der Waals surface area contributed by atoms with Crippen molar-refractivity contribution in [2.45, 2.75) is 6.42 Å². The molecule has 0 unspecified atom stereocenters. The summed E-state index contributed by atoms with van der Waals surface area (Å²) in [7, 11) is 0. The van der Waals surface area contributed by atoms with Crippen LogP contribution >= 0.6 is 0 Å². The first-order valence-electron chi connectivity index (χ1n) is 9.99. The fourth-order valence-electron chi connectivity index (χ4n) is 3.24. The summed E-state index contributed by atoms with van der Waals surface area (Å²) in [6.07, 6.45) is 2.38. The number of benzene rings is 2. The van der Waals surface area contributed by atoms with E-state index in [1.54, 1.807) is 18.3 Å². The van der Waals surface area contributed by atoms with E-state index in [4.69, 9.17) is 4.74 Å². The van der Waals surface area contributed by atoms with Crippen molar-refractivity contribution in [2.75, 3.05) is 13.2 Å². The molecule has 31 heavy (non-hydrogen) atoms. The largest absolute Gasteiger partial charge is 0.452 e. The van der Waals surface area contributed by atoms with E-state index in [0.29, 0.717) is 40.8 Å². The summed E-state index contributed by atoms with van der Waals surface area (Å²) >= 11 is 0. The highest BCUT2D eigenvalue weighted by Gasteiger charge is 2.16. The van der Waals surface area contributed by atoms with Crippen molar-refractivity contribution in [1.82, 2.24) is 15.3 Å². The molecule has 0 aliphatic heterocycles. The quantitative estimate of drug-likeness (QED) is 0.468. The maximum absolute atomic E-state index is 12.8. The second kappa shape index (κ2) is 9.63. The minimum absolute atomic E-state index is 0.340. The lowest BCUT2D eigenvalue weighted by atomic mass is 10.1. The molecule has 0 aliphatic carbocycles. The number of esters is 1. The second-order valence-electron chi connectivity index (χ2n) is 6.95. The molecule has 0 radical (unpaired) electrons. The van der Waals surface area contributed by atoms with Gasteiger partial charge in [-0.25, -0.2) is 9.78 Å². The lowest BCUT2D eigenvalue weighted by Crippen LogP contribution is -2.30. The van der Waals surface area contributed by atoms with Crippen LogP contribution in [0.15, 0.2) is 85.1 Å². The molecule has 1 amide bonds. The summed E-state index contributed by atoms with van der Waals surface area (Å²) < 4.78 is 5.29. The average molecular weight is 411 g/mol. The Morgan fingerprint density at radius 3 is 2.45 bits per heavy atom. The van der Waals surface area contributed by atoms with Gasteiger partial charge in [0.1, 0.15) is 0 Å². The van der Waals surface area contributed by atoms with Gasteiger partial charge in [-0.3, -0.25) is 9.78 Å². The van der Waals surface area contributed by atoms with E-state index in [0.717, 1.165) is 5.56 Å². The number of nitrogens with zero attached hydrogens (tertiary/aromatic N) is 2. The normalized spacial score (nSPS) is 10.6. The summed E-state index contributed by atoms with van der Waals surface area (Å²) in [6, 6.07) is 24.3. The molecule has 0 aliphatic rings. The third-order valence-corrected chi connectivity index (χ3v) is 4.78. The fraction of sp³-hybridized carbons (Fsp3) is 0.120. The van der Waals surface area contributed by atoms with Gasteiger partial charge in [0.25, 0.3) is 5.91 Å². The smallest absolute Gasteiger partial charge is 0.339 e. The number of pyridine rings is 2. The molecule has 154 valence electrons. The molecule has 2 heterocycles. The first-order chi connectivity index (χ1) is 15.2. The number of fused-ring (bicyclic) bond motifs is 1. The van der Waals surface area contributed by atoms with Crippen LogP contribution in [0.1, 0.15) is 15.9 Å². The van der Waals surface area contributed by atoms with Gasteiger partial charge in [-0.1, -0.05) is 54.6 Å². The van der Waals surface area contributed by atoms with Crippen LogP contribution in [-0.4, -0.2) is 35.0 Å². The Morgan fingerprint density at radius 1 is 0.871 bits per heavy atom. The number of hydrogen-bond donors (Lipinski definition) is 1. The lowest BCUT2D eigenvalue weighted by molar-refractivity contribution is -0.124. The van der Waals surface area contributed by atoms with Gasteiger partial charge in [-0.05, 0) is 36.2 Å². The van der Waals surface area contributed by atoms with E-state index in [-0.39, 0.29) is 12.5 Å². The Morgan fingerprint density at radius 2 is 1.65 bits per heavy atom. The van der Waals surface area contributed by atoms with Crippen molar-refractivity contribution < 1.29 is 14.3 Å². The van der Waals surface area contributed by atoms with Crippen molar-refractivity contribution in [1.29, 1.82) is 0 Å². The third kappa shape index (κ3) is 5.11. The molecule has 2 aromatic heterocycles. The minimum Gasteiger partial charge on any atom is -0.452 e. The monoisotopic (exact) mass is 411 g/mol. The summed E-state index contributed by atoms with van der Waals surface area (Å²) in [5, 5.41) is 3.44. The van der Waals surface area contributed by atoms with E-state index in [9.17, 15) is 9.59 Å².